The van der Waals surface area contributed by atoms with Crippen molar-refractivity contribution in [3.05, 3.63) is 60.0 Å². The number of methoxy groups -OCH3 is 1. The Morgan fingerprint density at radius 1 is 1.00 bits per heavy atom. The number of alkyl halides is 3. The third kappa shape index (κ3) is 5.00. The summed E-state index contributed by atoms with van der Waals surface area (Å²) in [4.78, 5) is 22.0. The molecule has 2 heterocycles. The number of carbonyl (C=O) groups is 1. The Hall–Kier alpha value is -3.16. The molecule has 1 fully saturated rings. The van der Waals surface area contributed by atoms with Crippen LogP contribution in [0.15, 0.2) is 48.8 Å². The minimum Gasteiger partial charge on any atom is -0.469 e. The Kier molecular flexibility index (Phi) is 6.30. The first-order chi connectivity index (χ1) is 15.3. The van der Waals surface area contributed by atoms with E-state index >= 15 is 0 Å². The molecule has 8 heteroatoms. The van der Waals surface area contributed by atoms with Gasteiger partial charge >= 0.3 is 12.1 Å². The molecule has 1 N–H and O–H groups in total. The van der Waals surface area contributed by atoms with Crippen molar-refractivity contribution >= 4 is 5.97 Å². The lowest BCUT2D eigenvalue weighted by Gasteiger charge is -2.28. The Balaban J connectivity index is 1.39. The number of aromatic amines is 1. The summed E-state index contributed by atoms with van der Waals surface area (Å²) in [7, 11) is 1.43. The number of benzene rings is 1. The number of pyridine rings is 1. The maximum atomic E-state index is 12.7. The maximum absolute atomic E-state index is 12.7. The zero-order valence-electron chi connectivity index (χ0n) is 17.7. The number of hydrogen-bond donors (Lipinski definition) is 1. The molecule has 4 rings (SSSR count). The number of hydrogen-bond acceptors (Lipinski definition) is 4. The molecule has 0 unspecified atom stereocenters. The molecule has 0 saturated heterocycles. The molecule has 0 spiro atoms. The second-order valence-electron chi connectivity index (χ2n) is 8.20. The summed E-state index contributed by atoms with van der Waals surface area (Å²) in [6, 6.07) is 11.7. The highest BCUT2D eigenvalue weighted by Gasteiger charge is 2.33. The molecule has 3 aromatic rings. The highest BCUT2D eigenvalue weighted by molar-refractivity contribution is 5.69. The number of esters is 1. The van der Waals surface area contributed by atoms with Gasteiger partial charge in [0.2, 0.25) is 0 Å². The largest absolute Gasteiger partial charge is 0.469 e. The van der Waals surface area contributed by atoms with E-state index in [1.165, 1.54) is 18.9 Å². The molecule has 1 aliphatic carbocycles. The van der Waals surface area contributed by atoms with Crippen molar-refractivity contribution in [2.24, 2.45) is 5.92 Å². The smallest absolute Gasteiger partial charge is 0.432 e. The molecule has 1 aliphatic rings. The van der Waals surface area contributed by atoms with Crippen LogP contribution in [0.1, 0.15) is 49.3 Å². The molecule has 0 aliphatic heterocycles. The normalized spacial score (nSPS) is 19.0. The molecule has 1 aromatic carbocycles. The number of carbonyl (C=O) groups excluding carboxylic acids is 1. The minimum absolute atomic E-state index is 0.134. The van der Waals surface area contributed by atoms with Gasteiger partial charge in [0, 0.05) is 23.7 Å². The lowest BCUT2D eigenvalue weighted by molar-refractivity contribution is -0.142. The van der Waals surface area contributed by atoms with Crippen LogP contribution in [0.2, 0.25) is 0 Å². The fourth-order valence-electron chi connectivity index (χ4n) is 4.26. The topological polar surface area (TPSA) is 67.9 Å². The first-order valence-corrected chi connectivity index (χ1v) is 10.6. The van der Waals surface area contributed by atoms with Gasteiger partial charge < -0.3 is 9.72 Å². The molecule has 2 aromatic heterocycles. The summed E-state index contributed by atoms with van der Waals surface area (Å²) < 4.78 is 43.0. The van der Waals surface area contributed by atoms with E-state index in [0.717, 1.165) is 43.1 Å². The average Bonchev–Trinajstić information content (AvgIpc) is 3.31. The number of halogens is 3. The fraction of sp³-hybridized carbons (Fsp3) is 0.375. The van der Waals surface area contributed by atoms with Crippen LogP contribution in [0, 0.1) is 5.92 Å². The zero-order chi connectivity index (χ0) is 22.7. The number of imidazole rings is 1. The number of aromatic nitrogens is 3. The third-order valence-corrected chi connectivity index (χ3v) is 6.13. The zero-order valence-corrected chi connectivity index (χ0v) is 17.7. The van der Waals surface area contributed by atoms with E-state index in [4.69, 9.17) is 4.74 Å². The minimum atomic E-state index is -4.46. The summed E-state index contributed by atoms with van der Waals surface area (Å²) in [5.41, 5.74) is 2.56. The van der Waals surface area contributed by atoms with E-state index in [1.54, 1.807) is 12.1 Å². The van der Waals surface area contributed by atoms with Crippen molar-refractivity contribution in [3.63, 3.8) is 0 Å². The van der Waals surface area contributed by atoms with Gasteiger partial charge in [0.25, 0.3) is 0 Å². The van der Waals surface area contributed by atoms with Gasteiger partial charge in [-0.2, -0.15) is 13.2 Å². The lowest BCUT2D eigenvalue weighted by atomic mass is 9.77. The Morgan fingerprint density at radius 3 is 2.25 bits per heavy atom. The van der Waals surface area contributed by atoms with Gasteiger partial charge in [0.15, 0.2) is 0 Å². The quantitative estimate of drug-likeness (QED) is 0.492. The summed E-state index contributed by atoms with van der Waals surface area (Å²) >= 11 is 0. The predicted molar refractivity (Wildman–Crippen MR) is 114 cm³/mol. The SMILES string of the molecule is COC(=O)CC1CCC(c2ccc(-c3ccc(-c4ncc(C(F)(F)F)[nH]4)cn3)cc2)CC1. The summed E-state index contributed by atoms with van der Waals surface area (Å²) in [6.07, 6.45) is 2.49. The second kappa shape index (κ2) is 9.14. The Morgan fingerprint density at radius 2 is 1.69 bits per heavy atom. The van der Waals surface area contributed by atoms with Crippen molar-refractivity contribution in [2.45, 2.75) is 44.2 Å². The van der Waals surface area contributed by atoms with E-state index in [2.05, 4.69) is 27.1 Å². The molecular weight excluding hydrogens is 419 g/mol. The number of nitrogens with one attached hydrogen (secondary N) is 1. The standard InChI is InChI=1S/C24H24F3N3O2/c1-32-22(31)12-15-2-4-16(5-3-15)17-6-8-18(9-7-17)20-11-10-19(13-28-20)23-29-14-21(30-23)24(25,26)27/h6-11,13-16H,2-5,12H2,1H3,(H,29,30). The third-order valence-electron chi connectivity index (χ3n) is 6.13. The molecule has 0 bridgehead atoms. The molecule has 5 nitrogen and oxygen atoms in total. The predicted octanol–water partition coefficient (Wildman–Crippen LogP) is 5.99. The highest BCUT2D eigenvalue weighted by Crippen LogP contribution is 2.37. The molecule has 0 radical (unpaired) electrons. The Bertz CT molecular complexity index is 1050. The van der Waals surface area contributed by atoms with Gasteiger partial charge in [-0.15, -0.1) is 0 Å². The van der Waals surface area contributed by atoms with Crippen molar-refractivity contribution < 1.29 is 22.7 Å². The van der Waals surface area contributed by atoms with Gasteiger partial charge in [-0.05, 0) is 55.2 Å². The van der Waals surface area contributed by atoms with Crippen LogP contribution in [-0.4, -0.2) is 28.0 Å². The van der Waals surface area contributed by atoms with Gasteiger partial charge in [0.1, 0.15) is 11.5 Å². The first-order valence-electron chi connectivity index (χ1n) is 10.6. The van der Waals surface area contributed by atoms with Crippen LogP contribution in [0.25, 0.3) is 22.6 Å². The van der Waals surface area contributed by atoms with Crippen molar-refractivity contribution in [1.82, 2.24) is 15.0 Å². The van der Waals surface area contributed by atoms with Crippen LogP contribution < -0.4 is 0 Å². The summed E-state index contributed by atoms with van der Waals surface area (Å²) in [5.74, 6) is 0.885. The molecule has 0 amide bonds. The van der Waals surface area contributed by atoms with Crippen LogP contribution in [0.4, 0.5) is 13.2 Å². The number of rotatable bonds is 5. The molecule has 168 valence electrons. The van der Waals surface area contributed by atoms with Crippen molar-refractivity contribution in [3.8, 4) is 22.6 Å². The van der Waals surface area contributed by atoms with Crippen LogP contribution >= 0.6 is 0 Å². The monoisotopic (exact) mass is 443 g/mol. The molecule has 0 atom stereocenters. The first kappa shape index (κ1) is 22.0. The van der Waals surface area contributed by atoms with E-state index in [-0.39, 0.29) is 11.8 Å². The van der Waals surface area contributed by atoms with Crippen molar-refractivity contribution in [1.29, 1.82) is 0 Å². The lowest BCUT2D eigenvalue weighted by Crippen LogP contribution is -2.17. The number of H-pyrrole nitrogens is 1. The van der Waals surface area contributed by atoms with Crippen LogP contribution in [-0.2, 0) is 15.7 Å². The number of nitrogens with zero attached hydrogens (tertiary/aromatic N) is 2. The number of ether oxygens (including phenoxy) is 1. The molecule has 32 heavy (non-hydrogen) atoms. The van der Waals surface area contributed by atoms with E-state index in [0.29, 0.717) is 23.8 Å². The van der Waals surface area contributed by atoms with Gasteiger partial charge in [-0.25, -0.2) is 4.98 Å². The molecule has 1 saturated carbocycles. The van der Waals surface area contributed by atoms with Crippen LogP contribution in [0.3, 0.4) is 0 Å². The van der Waals surface area contributed by atoms with E-state index in [1.807, 2.05) is 12.1 Å². The summed E-state index contributed by atoms with van der Waals surface area (Å²) in [6.45, 7) is 0. The van der Waals surface area contributed by atoms with Crippen molar-refractivity contribution in [2.75, 3.05) is 7.11 Å². The van der Waals surface area contributed by atoms with Gasteiger partial charge in [0.05, 0.1) is 19.0 Å². The van der Waals surface area contributed by atoms with Gasteiger partial charge in [-0.3, -0.25) is 9.78 Å². The second-order valence-corrected chi connectivity index (χ2v) is 8.20. The van der Waals surface area contributed by atoms with Crippen LogP contribution in [0.5, 0.6) is 0 Å². The van der Waals surface area contributed by atoms with Gasteiger partial charge in [-0.1, -0.05) is 24.3 Å². The fourth-order valence-corrected chi connectivity index (χ4v) is 4.26. The average molecular weight is 443 g/mol. The van der Waals surface area contributed by atoms with E-state index in [9.17, 15) is 18.0 Å². The molecular formula is C24H24F3N3O2. The summed E-state index contributed by atoms with van der Waals surface area (Å²) in [5, 5.41) is 0. The highest BCUT2D eigenvalue weighted by atomic mass is 19.4. The maximum Gasteiger partial charge on any atom is 0.432 e. The van der Waals surface area contributed by atoms with E-state index < -0.39 is 11.9 Å². The Labute approximate surface area is 184 Å².